The van der Waals surface area contributed by atoms with Gasteiger partial charge in [0.15, 0.2) is 0 Å². The van der Waals surface area contributed by atoms with E-state index >= 15 is 0 Å². The normalized spacial score (nSPS) is 34.1. The Morgan fingerprint density at radius 3 is 2.90 bits per heavy atom. The maximum absolute atomic E-state index is 12.6. The standard InChI is InChI=1S/C15H21N3O2/c1-14(2)12-11(5-8-20-12)15(14,16)13(19)18-9-10-3-6-17-7-4-10/h3-4,6-7,11-12H,5,8-9,16H2,1-2H3,(H,18,19). The number of rotatable bonds is 3. The molecule has 0 aromatic carbocycles. The number of ether oxygens (including phenoxy) is 1. The Morgan fingerprint density at radius 1 is 1.50 bits per heavy atom. The topological polar surface area (TPSA) is 77.2 Å². The molecular formula is C15H21N3O2. The molecule has 20 heavy (non-hydrogen) atoms. The molecule has 1 saturated heterocycles. The monoisotopic (exact) mass is 275 g/mol. The van der Waals surface area contributed by atoms with Gasteiger partial charge in [0.25, 0.3) is 0 Å². The number of hydrogen-bond donors (Lipinski definition) is 2. The lowest BCUT2D eigenvalue weighted by atomic mass is 9.48. The first-order chi connectivity index (χ1) is 9.48. The maximum atomic E-state index is 12.6. The van der Waals surface area contributed by atoms with Crippen molar-refractivity contribution in [3.63, 3.8) is 0 Å². The van der Waals surface area contributed by atoms with E-state index in [0.717, 1.165) is 12.0 Å². The number of pyridine rings is 1. The fourth-order valence-electron chi connectivity index (χ4n) is 3.67. The van der Waals surface area contributed by atoms with Gasteiger partial charge in [0.05, 0.1) is 6.10 Å². The Bertz CT molecular complexity index is 517. The van der Waals surface area contributed by atoms with Crippen LogP contribution in [-0.4, -0.2) is 29.1 Å². The Kier molecular flexibility index (Phi) is 3.06. The van der Waals surface area contributed by atoms with Gasteiger partial charge in [-0.25, -0.2) is 0 Å². The van der Waals surface area contributed by atoms with Crippen LogP contribution in [-0.2, 0) is 16.1 Å². The zero-order valence-corrected chi connectivity index (χ0v) is 11.9. The van der Waals surface area contributed by atoms with E-state index in [1.165, 1.54) is 0 Å². The number of carbonyl (C=O) groups is 1. The molecule has 0 spiro atoms. The number of fused-ring (bicyclic) bond motifs is 1. The van der Waals surface area contributed by atoms with Crippen LogP contribution < -0.4 is 11.1 Å². The van der Waals surface area contributed by atoms with Gasteiger partial charge >= 0.3 is 0 Å². The lowest BCUT2D eigenvalue weighted by Gasteiger charge is -2.60. The van der Waals surface area contributed by atoms with E-state index < -0.39 is 5.54 Å². The summed E-state index contributed by atoms with van der Waals surface area (Å²) < 4.78 is 5.71. The van der Waals surface area contributed by atoms with E-state index in [9.17, 15) is 4.79 Å². The van der Waals surface area contributed by atoms with Gasteiger partial charge in [-0.3, -0.25) is 9.78 Å². The van der Waals surface area contributed by atoms with Crippen LogP contribution >= 0.6 is 0 Å². The Balaban J connectivity index is 1.70. The molecule has 1 aromatic heterocycles. The van der Waals surface area contributed by atoms with Crippen molar-refractivity contribution >= 4 is 5.91 Å². The molecule has 2 heterocycles. The fraction of sp³-hybridized carbons (Fsp3) is 0.600. The number of aromatic nitrogens is 1. The Hall–Kier alpha value is -1.46. The number of nitrogens with zero attached hydrogens (tertiary/aromatic N) is 1. The van der Waals surface area contributed by atoms with E-state index in [0.29, 0.717) is 13.2 Å². The molecule has 3 rings (SSSR count). The molecule has 108 valence electrons. The van der Waals surface area contributed by atoms with E-state index in [1.54, 1.807) is 12.4 Å². The summed E-state index contributed by atoms with van der Waals surface area (Å²) in [6.45, 7) is 5.22. The summed E-state index contributed by atoms with van der Waals surface area (Å²) in [7, 11) is 0. The van der Waals surface area contributed by atoms with Gasteiger partial charge in [0, 0.05) is 36.9 Å². The molecule has 2 aliphatic rings. The van der Waals surface area contributed by atoms with Crippen LogP contribution in [0.4, 0.5) is 0 Å². The minimum Gasteiger partial charge on any atom is -0.377 e. The third kappa shape index (κ3) is 1.70. The number of hydrogen-bond acceptors (Lipinski definition) is 4. The summed E-state index contributed by atoms with van der Waals surface area (Å²) in [5.74, 6) is 0.0565. The van der Waals surface area contributed by atoms with Crippen molar-refractivity contribution in [2.75, 3.05) is 6.61 Å². The van der Waals surface area contributed by atoms with Crippen LogP contribution in [0.3, 0.4) is 0 Å². The molecule has 0 bridgehead atoms. The Morgan fingerprint density at radius 2 is 2.20 bits per heavy atom. The highest BCUT2D eigenvalue weighted by molar-refractivity contribution is 5.89. The maximum Gasteiger partial charge on any atom is 0.241 e. The zero-order valence-electron chi connectivity index (χ0n) is 11.9. The number of nitrogens with two attached hydrogens (primary N) is 1. The van der Waals surface area contributed by atoms with Crippen LogP contribution in [0.25, 0.3) is 0 Å². The van der Waals surface area contributed by atoms with Gasteiger partial charge in [-0.2, -0.15) is 0 Å². The van der Waals surface area contributed by atoms with Gasteiger partial charge in [0.1, 0.15) is 5.54 Å². The summed E-state index contributed by atoms with van der Waals surface area (Å²) >= 11 is 0. The molecule has 1 aliphatic heterocycles. The molecule has 1 saturated carbocycles. The van der Waals surface area contributed by atoms with Crippen molar-refractivity contribution in [1.29, 1.82) is 0 Å². The summed E-state index contributed by atoms with van der Waals surface area (Å²) in [4.78, 5) is 16.5. The molecule has 3 unspecified atom stereocenters. The molecule has 0 radical (unpaired) electrons. The first kappa shape index (κ1) is 13.5. The summed E-state index contributed by atoms with van der Waals surface area (Å²) in [5.41, 5.74) is 6.34. The highest BCUT2D eigenvalue weighted by Crippen LogP contribution is 2.58. The minimum absolute atomic E-state index is 0.0777. The van der Waals surface area contributed by atoms with E-state index in [2.05, 4.69) is 10.3 Å². The van der Waals surface area contributed by atoms with Gasteiger partial charge in [-0.15, -0.1) is 0 Å². The minimum atomic E-state index is -0.832. The molecule has 3 N–H and O–H groups in total. The van der Waals surface area contributed by atoms with Gasteiger partial charge in [-0.1, -0.05) is 13.8 Å². The molecule has 1 amide bonds. The van der Waals surface area contributed by atoms with Crippen molar-refractivity contribution in [2.45, 2.75) is 38.5 Å². The molecule has 1 aliphatic carbocycles. The second-order valence-corrected chi connectivity index (χ2v) is 6.32. The SMILES string of the molecule is CC1(C)C2OCCC2C1(N)C(=O)NCc1ccncc1. The molecule has 5 nitrogen and oxygen atoms in total. The predicted octanol–water partition coefficient (Wildman–Crippen LogP) is 0.840. The quantitative estimate of drug-likeness (QED) is 0.857. The van der Waals surface area contributed by atoms with Crippen molar-refractivity contribution in [2.24, 2.45) is 17.1 Å². The average molecular weight is 275 g/mol. The molecule has 1 aromatic rings. The van der Waals surface area contributed by atoms with Crippen LogP contribution in [0.1, 0.15) is 25.8 Å². The van der Waals surface area contributed by atoms with E-state index in [-0.39, 0.29) is 23.3 Å². The van der Waals surface area contributed by atoms with E-state index in [1.807, 2.05) is 26.0 Å². The summed E-state index contributed by atoms with van der Waals surface area (Å²) in [6, 6.07) is 3.77. The number of carbonyl (C=O) groups excluding carboxylic acids is 1. The predicted molar refractivity (Wildman–Crippen MR) is 74.6 cm³/mol. The third-order valence-electron chi connectivity index (χ3n) is 5.03. The lowest BCUT2D eigenvalue weighted by molar-refractivity contribution is -0.175. The summed E-state index contributed by atoms with van der Waals surface area (Å²) in [5, 5.41) is 2.96. The van der Waals surface area contributed by atoms with Gasteiger partial charge in [-0.05, 0) is 24.1 Å². The van der Waals surface area contributed by atoms with Gasteiger partial charge < -0.3 is 15.8 Å². The average Bonchev–Trinajstić information content (AvgIpc) is 2.93. The van der Waals surface area contributed by atoms with Crippen molar-refractivity contribution in [1.82, 2.24) is 10.3 Å². The number of amides is 1. The van der Waals surface area contributed by atoms with Crippen LogP contribution in [0, 0.1) is 11.3 Å². The van der Waals surface area contributed by atoms with Crippen molar-refractivity contribution < 1.29 is 9.53 Å². The molecule has 3 atom stereocenters. The van der Waals surface area contributed by atoms with Crippen LogP contribution in [0.2, 0.25) is 0 Å². The van der Waals surface area contributed by atoms with Crippen LogP contribution in [0.5, 0.6) is 0 Å². The molecular weight excluding hydrogens is 254 g/mol. The highest BCUT2D eigenvalue weighted by atomic mass is 16.5. The molecule has 2 fully saturated rings. The smallest absolute Gasteiger partial charge is 0.241 e. The zero-order chi connectivity index (χ0) is 14.4. The molecule has 5 heteroatoms. The fourth-order valence-corrected chi connectivity index (χ4v) is 3.67. The highest BCUT2D eigenvalue weighted by Gasteiger charge is 2.71. The summed E-state index contributed by atoms with van der Waals surface area (Å²) in [6.07, 6.45) is 4.41. The first-order valence-electron chi connectivity index (χ1n) is 7.05. The lowest BCUT2D eigenvalue weighted by Crippen LogP contribution is -2.80. The first-order valence-corrected chi connectivity index (χ1v) is 7.05. The third-order valence-corrected chi connectivity index (χ3v) is 5.03. The van der Waals surface area contributed by atoms with Crippen molar-refractivity contribution in [3.05, 3.63) is 30.1 Å². The van der Waals surface area contributed by atoms with Crippen LogP contribution in [0.15, 0.2) is 24.5 Å². The second kappa shape index (κ2) is 4.53. The Labute approximate surface area is 118 Å². The van der Waals surface area contributed by atoms with Gasteiger partial charge in [0.2, 0.25) is 5.91 Å². The van der Waals surface area contributed by atoms with Crippen molar-refractivity contribution in [3.8, 4) is 0 Å². The second-order valence-electron chi connectivity index (χ2n) is 6.32. The largest absolute Gasteiger partial charge is 0.377 e. The van der Waals surface area contributed by atoms with E-state index in [4.69, 9.17) is 10.5 Å². The number of nitrogens with one attached hydrogen (secondary N) is 1.